The largest absolute Gasteiger partial charge is 0.389 e. The van der Waals surface area contributed by atoms with Crippen LogP contribution < -0.4 is 5.32 Å². The first-order valence-electron chi connectivity index (χ1n) is 8.66. The van der Waals surface area contributed by atoms with Crippen LogP contribution in [0.1, 0.15) is 16.8 Å². The number of nitrogens with one attached hydrogen (secondary N) is 1. The molecule has 27 heavy (non-hydrogen) atoms. The highest BCUT2D eigenvalue weighted by Gasteiger charge is 2.31. The third-order valence-corrected chi connectivity index (χ3v) is 4.56. The number of likely N-dealkylation sites (tertiary alicyclic amines) is 1. The van der Waals surface area contributed by atoms with Crippen LogP contribution >= 0.6 is 0 Å². The Bertz CT molecular complexity index is 901. The quantitative estimate of drug-likeness (QED) is 0.702. The third kappa shape index (κ3) is 3.77. The number of nitrogens with zero attached hydrogens (tertiary/aromatic N) is 6. The van der Waals surface area contributed by atoms with E-state index in [0.717, 1.165) is 5.69 Å². The van der Waals surface area contributed by atoms with Gasteiger partial charge in [0.15, 0.2) is 0 Å². The Balaban J connectivity index is 1.43. The highest BCUT2D eigenvalue weighted by atomic mass is 16.3. The minimum atomic E-state index is -0.701. The first kappa shape index (κ1) is 17.1. The molecule has 138 valence electrons. The first-order chi connectivity index (χ1) is 13.2. The van der Waals surface area contributed by atoms with E-state index in [1.165, 1.54) is 0 Å². The fourth-order valence-electron chi connectivity index (χ4n) is 3.14. The second-order valence-corrected chi connectivity index (χ2v) is 6.35. The topological polar surface area (TPSA) is 109 Å². The lowest BCUT2D eigenvalue weighted by molar-refractivity contribution is 0.0425. The minimum absolute atomic E-state index is 0.113. The number of anilines is 1. The van der Waals surface area contributed by atoms with Gasteiger partial charge in [-0.15, -0.1) is 10.2 Å². The summed E-state index contributed by atoms with van der Waals surface area (Å²) in [7, 11) is 0. The average Bonchev–Trinajstić information content (AvgIpc) is 3.25. The fourth-order valence-corrected chi connectivity index (χ4v) is 3.14. The monoisotopic (exact) mass is 365 g/mol. The molecule has 3 aromatic rings. The third-order valence-electron chi connectivity index (χ3n) is 4.56. The van der Waals surface area contributed by atoms with Crippen molar-refractivity contribution in [2.45, 2.75) is 18.6 Å². The maximum absolute atomic E-state index is 12.9. The Hall–Kier alpha value is -3.33. The second-order valence-electron chi connectivity index (χ2n) is 6.35. The molecule has 1 amide bonds. The molecule has 1 fully saturated rings. The van der Waals surface area contributed by atoms with E-state index in [-0.39, 0.29) is 18.5 Å². The van der Waals surface area contributed by atoms with Crippen LogP contribution in [0.4, 0.5) is 5.95 Å². The molecule has 9 nitrogen and oxygen atoms in total. The molecule has 0 unspecified atom stereocenters. The van der Waals surface area contributed by atoms with Gasteiger partial charge in [0.25, 0.3) is 5.91 Å². The highest BCUT2D eigenvalue weighted by Crippen LogP contribution is 2.18. The summed E-state index contributed by atoms with van der Waals surface area (Å²) in [6.07, 6.45) is 6.35. The number of rotatable bonds is 4. The van der Waals surface area contributed by atoms with Gasteiger partial charge in [-0.3, -0.25) is 9.36 Å². The van der Waals surface area contributed by atoms with Gasteiger partial charge in [-0.2, -0.15) is 0 Å². The smallest absolute Gasteiger partial charge is 0.254 e. The summed E-state index contributed by atoms with van der Waals surface area (Å²) in [4.78, 5) is 22.8. The van der Waals surface area contributed by atoms with Gasteiger partial charge in [0.1, 0.15) is 12.7 Å². The van der Waals surface area contributed by atoms with E-state index in [1.807, 2.05) is 12.1 Å². The van der Waals surface area contributed by atoms with Crippen molar-refractivity contribution in [1.29, 1.82) is 0 Å². The average molecular weight is 365 g/mol. The zero-order valence-corrected chi connectivity index (χ0v) is 14.5. The zero-order valence-electron chi connectivity index (χ0n) is 14.5. The standard InChI is InChI=1S/C18H19N7O2/c26-16-10-24(8-5-15(16)23-18-19-6-2-7-20-18)17(27)13-3-1-4-14(9-13)25-11-21-22-12-25/h1-4,6-7,9,11-12,15-16,26H,5,8,10H2,(H,19,20,23)/t15-,16-/m1/s1. The molecule has 1 aromatic carbocycles. The lowest BCUT2D eigenvalue weighted by atomic mass is 10.0. The number of amides is 1. The molecule has 4 rings (SSSR count). The van der Waals surface area contributed by atoms with Crippen LogP contribution in [0.25, 0.3) is 5.69 Å². The summed E-state index contributed by atoms with van der Waals surface area (Å²) in [6, 6.07) is 8.80. The highest BCUT2D eigenvalue weighted by molar-refractivity contribution is 5.94. The first-order valence-corrected chi connectivity index (χ1v) is 8.66. The number of benzene rings is 1. The molecule has 2 atom stereocenters. The molecular formula is C18H19N7O2. The number of β-amino-alcohol motifs (C(OH)–C–C–N with tert-alkyl or cyclic N) is 1. The molecule has 0 saturated carbocycles. The Kier molecular flexibility index (Phi) is 4.75. The van der Waals surface area contributed by atoms with Crippen molar-refractivity contribution in [3.05, 3.63) is 60.9 Å². The van der Waals surface area contributed by atoms with Crippen molar-refractivity contribution in [2.75, 3.05) is 18.4 Å². The number of aromatic nitrogens is 5. The van der Waals surface area contributed by atoms with Crippen LogP contribution in [-0.4, -0.2) is 65.9 Å². The summed E-state index contributed by atoms with van der Waals surface area (Å²) >= 11 is 0. The summed E-state index contributed by atoms with van der Waals surface area (Å²) in [6.45, 7) is 0.789. The number of aliphatic hydroxyl groups is 1. The van der Waals surface area contributed by atoms with Gasteiger partial charge >= 0.3 is 0 Å². The van der Waals surface area contributed by atoms with E-state index in [9.17, 15) is 9.90 Å². The second kappa shape index (κ2) is 7.50. The molecule has 2 N–H and O–H groups in total. The molecule has 0 bridgehead atoms. The van der Waals surface area contributed by atoms with E-state index >= 15 is 0 Å². The van der Waals surface area contributed by atoms with Gasteiger partial charge in [0.2, 0.25) is 5.95 Å². The molecule has 0 radical (unpaired) electrons. The van der Waals surface area contributed by atoms with Crippen molar-refractivity contribution >= 4 is 11.9 Å². The summed E-state index contributed by atoms with van der Waals surface area (Å²) in [5.74, 6) is 0.362. The van der Waals surface area contributed by atoms with Crippen molar-refractivity contribution in [2.24, 2.45) is 0 Å². The summed E-state index contributed by atoms with van der Waals surface area (Å²) in [5, 5.41) is 21.2. The van der Waals surface area contributed by atoms with Gasteiger partial charge in [0.05, 0.1) is 12.1 Å². The SMILES string of the molecule is O=C(c1cccc(-n2cnnc2)c1)N1CC[C@@H](Nc2ncccn2)[C@H](O)C1. The van der Waals surface area contributed by atoms with E-state index in [4.69, 9.17) is 0 Å². The Morgan fingerprint density at radius 3 is 2.67 bits per heavy atom. The summed E-state index contributed by atoms with van der Waals surface area (Å²) in [5.41, 5.74) is 1.37. The van der Waals surface area contributed by atoms with Crippen molar-refractivity contribution < 1.29 is 9.90 Å². The molecule has 1 saturated heterocycles. The molecule has 0 spiro atoms. The lowest BCUT2D eigenvalue weighted by Crippen LogP contribution is -2.51. The normalized spacial score (nSPS) is 19.7. The van der Waals surface area contributed by atoms with Crippen LogP contribution in [0.2, 0.25) is 0 Å². The van der Waals surface area contributed by atoms with Gasteiger partial charge in [0, 0.05) is 36.7 Å². The number of hydrogen-bond donors (Lipinski definition) is 2. The zero-order chi connectivity index (χ0) is 18.6. The molecular weight excluding hydrogens is 346 g/mol. The fraction of sp³-hybridized carbons (Fsp3) is 0.278. The number of piperidine rings is 1. The van der Waals surface area contributed by atoms with Gasteiger partial charge in [-0.05, 0) is 30.7 Å². The lowest BCUT2D eigenvalue weighted by Gasteiger charge is -2.36. The molecule has 1 aliphatic rings. The molecule has 3 heterocycles. The molecule has 1 aliphatic heterocycles. The number of hydrogen-bond acceptors (Lipinski definition) is 7. The van der Waals surface area contributed by atoms with E-state index in [2.05, 4.69) is 25.5 Å². The van der Waals surface area contributed by atoms with Crippen molar-refractivity contribution in [3.63, 3.8) is 0 Å². The van der Waals surface area contributed by atoms with Crippen LogP contribution in [-0.2, 0) is 0 Å². The van der Waals surface area contributed by atoms with Gasteiger partial charge in [-0.25, -0.2) is 9.97 Å². The van der Waals surface area contributed by atoms with Crippen molar-refractivity contribution in [3.8, 4) is 5.69 Å². The predicted octanol–water partition coefficient (Wildman–Crippen LogP) is 0.745. The Morgan fingerprint density at radius 2 is 1.93 bits per heavy atom. The van der Waals surface area contributed by atoms with Gasteiger partial charge in [-0.1, -0.05) is 6.07 Å². The number of aliphatic hydroxyl groups excluding tert-OH is 1. The van der Waals surface area contributed by atoms with Crippen LogP contribution in [0.5, 0.6) is 0 Å². The van der Waals surface area contributed by atoms with Crippen LogP contribution in [0, 0.1) is 0 Å². The number of carbonyl (C=O) groups excluding carboxylic acids is 1. The van der Waals surface area contributed by atoms with E-state index < -0.39 is 6.10 Å². The minimum Gasteiger partial charge on any atom is -0.389 e. The van der Waals surface area contributed by atoms with Crippen LogP contribution in [0.15, 0.2) is 55.4 Å². The maximum atomic E-state index is 12.9. The van der Waals surface area contributed by atoms with Crippen molar-refractivity contribution in [1.82, 2.24) is 29.6 Å². The Morgan fingerprint density at radius 1 is 1.15 bits per heavy atom. The van der Waals surface area contributed by atoms with E-state index in [0.29, 0.717) is 24.5 Å². The molecule has 0 aliphatic carbocycles. The Labute approximate surface area is 155 Å². The van der Waals surface area contributed by atoms with Crippen LogP contribution in [0.3, 0.4) is 0 Å². The number of carbonyl (C=O) groups is 1. The summed E-state index contributed by atoms with van der Waals surface area (Å²) < 4.78 is 1.74. The van der Waals surface area contributed by atoms with Gasteiger partial charge < -0.3 is 15.3 Å². The molecule has 9 heteroatoms. The molecule has 2 aromatic heterocycles. The maximum Gasteiger partial charge on any atom is 0.254 e. The van der Waals surface area contributed by atoms with E-state index in [1.54, 1.807) is 52.7 Å². The predicted molar refractivity (Wildman–Crippen MR) is 97.3 cm³/mol.